The number of halogens is 2. The predicted octanol–water partition coefficient (Wildman–Crippen LogP) is 3.74. The maximum absolute atomic E-state index is 13.4. The third kappa shape index (κ3) is 7.18. The molecule has 182 valence electrons. The summed E-state index contributed by atoms with van der Waals surface area (Å²) in [7, 11) is 0. The summed E-state index contributed by atoms with van der Waals surface area (Å²) in [6, 6.07) is 10.6. The van der Waals surface area contributed by atoms with Crippen LogP contribution in [0.5, 0.6) is 0 Å². The summed E-state index contributed by atoms with van der Waals surface area (Å²) in [6.07, 6.45) is 3.88. The van der Waals surface area contributed by atoms with E-state index in [1.807, 2.05) is 0 Å². The lowest BCUT2D eigenvalue weighted by Crippen LogP contribution is -2.52. The lowest BCUT2D eigenvalue weighted by molar-refractivity contribution is -0.130. The minimum absolute atomic E-state index is 0.00289. The van der Waals surface area contributed by atoms with Crippen LogP contribution in [0.1, 0.15) is 45.1 Å². The number of anilines is 1. The molecule has 0 unspecified atom stereocenters. The van der Waals surface area contributed by atoms with Gasteiger partial charge in [-0.15, -0.1) is 0 Å². The Balaban J connectivity index is 1.65. The zero-order valence-corrected chi connectivity index (χ0v) is 19.5. The smallest absolute Gasteiger partial charge is 0.256 e. The van der Waals surface area contributed by atoms with E-state index in [1.165, 1.54) is 6.92 Å². The van der Waals surface area contributed by atoms with E-state index in [1.54, 1.807) is 30.3 Å². The first-order valence-corrected chi connectivity index (χ1v) is 11.6. The van der Waals surface area contributed by atoms with Crippen molar-refractivity contribution in [1.29, 1.82) is 0 Å². The first kappa shape index (κ1) is 25.5. The molecule has 0 aliphatic heterocycles. The fourth-order valence-electron chi connectivity index (χ4n) is 4.19. The average molecular weight is 472 g/mol. The standard InChI is InChI=1S/C26H31F2N3O3/c1-17-8-10-22(11-9-17)29-16-25(33)31(23-6-4-3-5-7-23)26(34)18(2)30-24(32)14-19-12-20(27)15-21(28)13-19/h3-7,12-13,15,17-18,22,29H,8-11,14,16H2,1-2H3,(H,30,32)/t17?,18-,22?/m0/s1. The molecule has 2 N–H and O–H groups in total. The van der Waals surface area contributed by atoms with Crippen LogP contribution < -0.4 is 15.5 Å². The van der Waals surface area contributed by atoms with Crippen LogP contribution in [0.25, 0.3) is 0 Å². The number of nitrogens with zero attached hydrogens (tertiary/aromatic N) is 1. The van der Waals surface area contributed by atoms with Gasteiger partial charge in [-0.1, -0.05) is 25.1 Å². The van der Waals surface area contributed by atoms with Gasteiger partial charge in [-0.25, -0.2) is 13.7 Å². The van der Waals surface area contributed by atoms with Gasteiger partial charge in [-0.05, 0) is 68.4 Å². The molecule has 6 nitrogen and oxygen atoms in total. The molecule has 0 aromatic heterocycles. The SMILES string of the molecule is CC1CCC(NCC(=O)N(C(=O)[C@H](C)NC(=O)Cc2cc(F)cc(F)c2)c2ccccc2)CC1. The molecule has 0 heterocycles. The molecule has 2 aromatic carbocycles. The van der Waals surface area contributed by atoms with E-state index in [-0.39, 0.29) is 24.6 Å². The molecule has 0 bridgehead atoms. The number of benzene rings is 2. The lowest BCUT2D eigenvalue weighted by Gasteiger charge is -2.29. The van der Waals surface area contributed by atoms with Gasteiger partial charge < -0.3 is 10.6 Å². The summed E-state index contributed by atoms with van der Waals surface area (Å²) in [4.78, 5) is 39.8. The van der Waals surface area contributed by atoms with Crippen molar-refractivity contribution in [1.82, 2.24) is 10.6 Å². The molecule has 1 atom stereocenters. The fourth-order valence-corrected chi connectivity index (χ4v) is 4.19. The Morgan fingerprint density at radius 1 is 1.00 bits per heavy atom. The molecule has 1 fully saturated rings. The quantitative estimate of drug-likeness (QED) is 0.615. The Kier molecular flexibility index (Phi) is 8.87. The van der Waals surface area contributed by atoms with Crippen molar-refractivity contribution >= 4 is 23.4 Å². The Hall–Kier alpha value is -3.13. The number of nitrogens with one attached hydrogen (secondary N) is 2. The normalized spacial score (nSPS) is 18.7. The number of amides is 3. The van der Waals surface area contributed by atoms with Crippen molar-refractivity contribution in [2.45, 2.75) is 58.0 Å². The van der Waals surface area contributed by atoms with Gasteiger partial charge in [0, 0.05) is 12.1 Å². The van der Waals surface area contributed by atoms with Crippen LogP contribution in [-0.4, -0.2) is 36.3 Å². The van der Waals surface area contributed by atoms with E-state index in [2.05, 4.69) is 17.6 Å². The van der Waals surface area contributed by atoms with Crippen LogP contribution >= 0.6 is 0 Å². The Morgan fingerprint density at radius 3 is 2.24 bits per heavy atom. The van der Waals surface area contributed by atoms with E-state index in [4.69, 9.17) is 0 Å². The van der Waals surface area contributed by atoms with Gasteiger partial charge in [-0.3, -0.25) is 14.4 Å². The first-order valence-electron chi connectivity index (χ1n) is 11.6. The summed E-state index contributed by atoms with van der Waals surface area (Å²) < 4.78 is 26.8. The molecule has 3 rings (SSSR count). The van der Waals surface area contributed by atoms with Gasteiger partial charge in [0.05, 0.1) is 18.7 Å². The summed E-state index contributed by atoms with van der Waals surface area (Å²) >= 11 is 0. The van der Waals surface area contributed by atoms with Crippen LogP contribution in [0.2, 0.25) is 0 Å². The second-order valence-electron chi connectivity index (χ2n) is 8.98. The van der Waals surface area contributed by atoms with Crippen LogP contribution in [-0.2, 0) is 20.8 Å². The van der Waals surface area contributed by atoms with Crippen LogP contribution in [0, 0.1) is 17.6 Å². The van der Waals surface area contributed by atoms with Crippen LogP contribution in [0.4, 0.5) is 14.5 Å². The van der Waals surface area contributed by atoms with E-state index >= 15 is 0 Å². The molecular weight excluding hydrogens is 440 g/mol. The minimum atomic E-state index is -1.02. The van der Waals surface area contributed by atoms with Crippen molar-refractivity contribution in [2.24, 2.45) is 5.92 Å². The summed E-state index contributed by atoms with van der Waals surface area (Å²) in [6.45, 7) is 3.70. The van der Waals surface area contributed by atoms with Gasteiger partial charge in [0.2, 0.25) is 11.8 Å². The third-order valence-corrected chi connectivity index (χ3v) is 6.08. The molecule has 1 aliphatic carbocycles. The lowest BCUT2D eigenvalue weighted by atomic mass is 9.87. The van der Waals surface area contributed by atoms with E-state index in [0.717, 1.165) is 48.8 Å². The number of carbonyl (C=O) groups excluding carboxylic acids is 3. The van der Waals surface area contributed by atoms with Crippen molar-refractivity contribution in [3.8, 4) is 0 Å². The second kappa shape index (κ2) is 11.8. The minimum Gasteiger partial charge on any atom is -0.344 e. The number of imide groups is 1. The highest BCUT2D eigenvalue weighted by atomic mass is 19.1. The van der Waals surface area contributed by atoms with Crippen molar-refractivity contribution < 1.29 is 23.2 Å². The Bertz CT molecular complexity index is 987. The van der Waals surface area contributed by atoms with Crippen LogP contribution in [0.15, 0.2) is 48.5 Å². The predicted molar refractivity (Wildman–Crippen MR) is 126 cm³/mol. The second-order valence-corrected chi connectivity index (χ2v) is 8.98. The molecule has 0 radical (unpaired) electrons. The average Bonchev–Trinajstić information content (AvgIpc) is 2.78. The number of rotatable bonds is 8. The van der Waals surface area contributed by atoms with Gasteiger partial charge in [0.15, 0.2) is 0 Å². The number of para-hydroxylation sites is 1. The summed E-state index contributed by atoms with van der Waals surface area (Å²) in [5.41, 5.74) is 0.557. The molecule has 8 heteroatoms. The molecule has 34 heavy (non-hydrogen) atoms. The molecular formula is C26H31F2N3O3. The fraction of sp³-hybridized carbons (Fsp3) is 0.423. The van der Waals surface area contributed by atoms with Gasteiger partial charge in [-0.2, -0.15) is 0 Å². The highest BCUT2D eigenvalue weighted by molar-refractivity contribution is 6.17. The van der Waals surface area contributed by atoms with Crippen molar-refractivity contribution in [3.63, 3.8) is 0 Å². The van der Waals surface area contributed by atoms with Crippen molar-refractivity contribution in [3.05, 3.63) is 65.7 Å². The number of hydrogen-bond acceptors (Lipinski definition) is 4. The summed E-state index contributed by atoms with van der Waals surface area (Å²) in [5.74, 6) is -2.47. The maximum atomic E-state index is 13.4. The monoisotopic (exact) mass is 471 g/mol. The zero-order chi connectivity index (χ0) is 24.7. The molecule has 3 amide bonds. The van der Waals surface area contributed by atoms with E-state index in [9.17, 15) is 23.2 Å². The topological polar surface area (TPSA) is 78.5 Å². The highest BCUT2D eigenvalue weighted by Crippen LogP contribution is 2.23. The first-order chi connectivity index (χ1) is 16.2. The molecule has 1 aliphatic rings. The molecule has 0 spiro atoms. The van der Waals surface area contributed by atoms with E-state index < -0.39 is 35.4 Å². The molecule has 1 saturated carbocycles. The van der Waals surface area contributed by atoms with Crippen LogP contribution in [0.3, 0.4) is 0 Å². The zero-order valence-electron chi connectivity index (χ0n) is 19.5. The van der Waals surface area contributed by atoms with Gasteiger partial charge in [0.25, 0.3) is 5.91 Å². The van der Waals surface area contributed by atoms with Crippen molar-refractivity contribution in [2.75, 3.05) is 11.4 Å². The number of hydrogen-bond donors (Lipinski definition) is 2. The summed E-state index contributed by atoms with van der Waals surface area (Å²) in [5, 5.41) is 5.80. The Morgan fingerprint density at radius 2 is 1.62 bits per heavy atom. The molecule has 2 aromatic rings. The highest BCUT2D eigenvalue weighted by Gasteiger charge is 2.29. The number of carbonyl (C=O) groups is 3. The maximum Gasteiger partial charge on any atom is 0.256 e. The van der Waals surface area contributed by atoms with E-state index in [0.29, 0.717) is 11.6 Å². The Labute approximate surface area is 198 Å². The largest absolute Gasteiger partial charge is 0.344 e. The van der Waals surface area contributed by atoms with Gasteiger partial charge >= 0.3 is 0 Å². The molecule has 0 saturated heterocycles. The van der Waals surface area contributed by atoms with Gasteiger partial charge in [0.1, 0.15) is 17.7 Å². The third-order valence-electron chi connectivity index (χ3n) is 6.08.